The van der Waals surface area contributed by atoms with E-state index in [1.54, 1.807) is 12.1 Å². The maximum absolute atomic E-state index is 11.4. The van der Waals surface area contributed by atoms with Crippen LogP contribution in [-0.4, -0.2) is 16.1 Å². The van der Waals surface area contributed by atoms with E-state index in [1.807, 2.05) is 72.8 Å². The first-order valence-electron chi connectivity index (χ1n) is 9.23. The van der Waals surface area contributed by atoms with Gasteiger partial charge >= 0.3 is 5.97 Å². The average molecular weight is 385 g/mol. The highest BCUT2D eigenvalue weighted by atomic mass is 16.5. The smallest absolute Gasteiger partial charge is 0.308 e. The van der Waals surface area contributed by atoms with Crippen LogP contribution in [0.2, 0.25) is 0 Å². The Morgan fingerprint density at radius 3 is 2.48 bits per heavy atom. The molecule has 3 aromatic carbocycles. The Bertz CT molecular complexity index is 1130. The molecule has 0 fully saturated rings. The first-order chi connectivity index (χ1) is 14.2. The molecular weight excluding hydrogens is 366 g/mol. The fourth-order valence-electron chi connectivity index (χ4n) is 3.02. The quantitative estimate of drug-likeness (QED) is 0.460. The lowest BCUT2D eigenvalue weighted by molar-refractivity contribution is -0.135. The monoisotopic (exact) mass is 385 g/mol. The average Bonchev–Trinajstić information content (AvgIpc) is 3.17. The molecule has 29 heavy (non-hydrogen) atoms. The van der Waals surface area contributed by atoms with Crippen LogP contribution in [-0.2, 0) is 11.4 Å². The van der Waals surface area contributed by atoms with Crippen molar-refractivity contribution in [3.63, 3.8) is 0 Å². The SMILES string of the molecule is O=C(O)C/C(=C/c1ccccc1OCc1ccccc1)c1nc2ccccc2o1. The fraction of sp³-hybridized carbons (Fsp3) is 0.0833. The van der Waals surface area contributed by atoms with E-state index in [0.29, 0.717) is 34.9 Å². The van der Waals surface area contributed by atoms with E-state index in [2.05, 4.69) is 4.98 Å². The number of carboxylic acid groups (broad SMARTS) is 1. The third kappa shape index (κ3) is 4.52. The van der Waals surface area contributed by atoms with Crippen LogP contribution < -0.4 is 4.74 Å². The molecule has 1 heterocycles. The van der Waals surface area contributed by atoms with E-state index < -0.39 is 5.97 Å². The highest BCUT2D eigenvalue weighted by Crippen LogP contribution is 2.29. The summed E-state index contributed by atoms with van der Waals surface area (Å²) in [6.07, 6.45) is 1.55. The van der Waals surface area contributed by atoms with Gasteiger partial charge in [-0.15, -0.1) is 0 Å². The van der Waals surface area contributed by atoms with Crippen molar-refractivity contribution in [3.8, 4) is 5.75 Å². The molecule has 4 rings (SSSR count). The molecule has 4 aromatic rings. The van der Waals surface area contributed by atoms with Crippen molar-refractivity contribution in [2.45, 2.75) is 13.0 Å². The van der Waals surface area contributed by atoms with Crippen molar-refractivity contribution in [3.05, 3.63) is 95.9 Å². The predicted octanol–water partition coefficient (Wildman–Crippen LogP) is 5.42. The second-order valence-electron chi connectivity index (χ2n) is 6.54. The molecule has 0 aliphatic heterocycles. The maximum atomic E-state index is 11.4. The lowest BCUT2D eigenvalue weighted by Gasteiger charge is -2.10. The number of benzene rings is 3. The molecule has 5 nitrogen and oxygen atoms in total. The van der Waals surface area contributed by atoms with Gasteiger partial charge in [-0.1, -0.05) is 60.7 Å². The number of hydrogen-bond donors (Lipinski definition) is 1. The zero-order chi connectivity index (χ0) is 20.1. The van der Waals surface area contributed by atoms with Crippen LogP contribution in [0.1, 0.15) is 23.4 Å². The molecule has 0 amide bonds. The van der Waals surface area contributed by atoms with Crippen LogP contribution in [0.15, 0.2) is 83.3 Å². The Kier molecular flexibility index (Phi) is 5.38. The lowest BCUT2D eigenvalue weighted by atomic mass is 10.1. The Balaban J connectivity index is 1.68. The summed E-state index contributed by atoms with van der Waals surface area (Å²) in [5.41, 5.74) is 3.60. The molecule has 0 saturated carbocycles. The second-order valence-corrected chi connectivity index (χ2v) is 6.54. The van der Waals surface area contributed by atoms with E-state index in [9.17, 15) is 9.90 Å². The summed E-state index contributed by atoms with van der Waals surface area (Å²) < 4.78 is 11.8. The predicted molar refractivity (Wildman–Crippen MR) is 111 cm³/mol. The lowest BCUT2D eigenvalue weighted by Crippen LogP contribution is -1.99. The first kappa shape index (κ1) is 18.5. The van der Waals surface area contributed by atoms with E-state index in [-0.39, 0.29) is 6.42 Å². The third-order valence-corrected chi connectivity index (χ3v) is 4.40. The van der Waals surface area contributed by atoms with E-state index >= 15 is 0 Å². The molecule has 0 aliphatic carbocycles. The zero-order valence-corrected chi connectivity index (χ0v) is 15.6. The zero-order valence-electron chi connectivity index (χ0n) is 15.6. The number of nitrogens with zero attached hydrogens (tertiary/aromatic N) is 1. The highest BCUT2D eigenvalue weighted by molar-refractivity contribution is 5.91. The van der Waals surface area contributed by atoms with Crippen LogP contribution >= 0.6 is 0 Å². The number of oxazole rings is 1. The van der Waals surface area contributed by atoms with Gasteiger partial charge in [0.1, 0.15) is 17.9 Å². The van der Waals surface area contributed by atoms with Crippen molar-refractivity contribution in [2.24, 2.45) is 0 Å². The number of carbonyl (C=O) groups is 1. The maximum Gasteiger partial charge on any atom is 0.308 e. The second kappa shape index (κ2) is 8.44. The van der Waals surface area contributed by atoms with E-state index in [0.717, 1.165) is 11.1 Å². The normalized spacial score (nSPS) is 11.5. The molecule has 0 aliphatic rings. The Morgan fingerprint density at radius 1 is 0.966 bits per heavy atom. The largest absolute Gasteiger partial charge is 0.488 e. The summed E-state index contributed by atoms with van der Waals surface area (Å²) in [6.45, 7) is 0.419. The van der Waals surface area contributed by atoms with E-state index in [1.165, 1.54) is 0 Å². The molecule has 1 N–H and O–H groups in total. The van der Waals surface area contributed by atoms with Crippen LogP contribution in [0.3, 0.4) is 0 Å². The molecule has 0 atom stereocenters. The minimum absolute atomic E-state index is 0.208. The summed E-state index contributed by atoms with van der Waals surface area (Å²) in [6, 6.07) is 24.7. The standard InChI is InChI=1S/C24H19NO4/c26-23(27)15-19(24-25-20-11-5-7-13-22(20)29-24)14-18-10-4-6-12-21(18)28-16-17-8-2-1-3-9-17/h1-14H,15-16H2,(H,26,27)/b19-14-. The summed E-state index contributed by atoms with van der Waals surface area (Å²) >= 11 is 0. The molecule has 144 valence electrons. The van der Waals surface area contributed by atoms with Gasteiger partial charge in [-0.05, 0) is 29.8 Å². The number of aromatic nitrogens is 1. The Labute approximate surface area is 167 Å². The Morgan fingerprint density at radius 2 is 1.69 bits per heavy atom. The molecule has 0 radical (unpaired) electrons. The van der Waals surface area contributed by atoms with Gasteiger partial charge in [-0.25, -0.2) is 4.98 Å². The van der Waals surface area contributed by atoms with Crippen LogP contribution in [0, 0.1) is 0 Å². The van der Waals surface area contributed by atoms with Gasteiger partial charge in [0.05, 0.1) is 6.42 Å². The van der Waals surface area contributed by atoms with Gasteiger partial charge < -0.3 is 14.3 Å². The molecule has 0 bridgehead atoms. The number of para-hydroxylation sites is 3. The molecular formula is C24H19NO4. The third-order valence-electron chi connectivity index (χ3n) is 4.40. The minimum Gasteiger partial charge on any atom is -0.488 e. The van der Waals surface area contributed by atoms with Gasteiger partial charge in [0.25, 0.3) is 0 Å². The number of rotatable bonds is 7. The van der Waals surface area contributed by atoms with Crippen molar-refractivity contribution in [1.82, 2.24) is 4.98 Å². The number of carboxylic acids is 1. The van der Waals surface area contributed by atoms with Gasteiger partial charge in [-0.3, -0.25) is 4.79 Å². The number of hydrogen-bond acceptors (Lipinski definition) is 4. The van der Waals surface area contributed by atoms with Gasteiger partial charge in [-0.2, -0.15) is 0 Å². The summed E-state index contributed by atoms with van der Waals surface area (Å²) in [4.78, 5) is 15.9. The summed E-state index contributed by atoms with van der Waals surface area (Å²) in [5, 5.41) is 9.38. The Hall–Kier alpha value is -3.86. The molecule has 0 saturated heterocycles. The van der Waals surface area contributed by atoms with Crippen molar-refractivity contribution in [1.29, 1.82) is 0 Å². The van der Waals surface area contributed by atoms with Gasteiger partial charge in [0, 0.05) is 11.1 Å². The van der Waals surface area contributed by atoms with Crippen LogP contribution in [0.4, 0.5) is 0 Å². The van der Waals surface area contributed by atoms with Crippen LogP contribution in [0.5, 0.6) is 5.75 Å². The molecule has 5 heteroatoms. The highest BCUT2D eigenvalue weighted by Gasteiger charge is 2.15. The van der Waals surface area contributed by atoms with Crippen molar-refractivity contribution < 1.29 is 19.1 Å². The minimum atomic E-state index is -0.957. The number of aliphatic carboxylic acids is 1. The van der Waals surface area contributed by atoms with Crippen molar-refractivity contribution in [2.75, 3.05) is 0 Å². The molecule has 0 spiro atoms. The molecule has 1 aromatic heterocycles. The van der Waals surface area contributed by atoms with Gasteiger partial charge in [0.2, 0.25) is 5.89 Å². The fourth-order valence-corrected chi connectivity index (χ4v) is 3.02. The topological polar surface area (TPSA) is 72.6 Å². The van der Waals surface area contributed by atoms with Crippen LogP contribution in [0.25, 0.3) is 22.7 Å². The molecule has 0 unspecified atom stereocenters. The number of ether oxygens (including phenoxy) is 1. The van der Waals surface area contributed by atoms with Crippen molar-refractivity contribution >= 4 is 28.7 Å². The summed E-state index contributed by atoms with van der Waals surface area (Å²) in [7, 11) is 0. The van der Waals surface area contributed by atoms with E-state index in [4.69, 9.17) is 9.15 Å². The first-order valence-corrected chi connectivity index (χ1v) is 9.23. The number of fused-ring (bicyclic) bond motifs is 1. The van der Waals surface area contributed by atoms with Gasteiger partial charge in [0.15, 0.2) is 5.58 Å². The summed E-state index contributed by atoms with van der Waals surface area (Å²) in [5.74, 6) is 0.00278.